The van der Waals surface area contributed by atoms with Gasteiger partial charge in [0.05, 0.1) is 12.5 Å². The molecule has 2 aromatic rings. The number of amides is 2. The quantitative estimate of drug-likeness (QED) is 0.501. The molecule has 2 aliphatic carbocycles. The highest BCUT2D eigenvalue weighted by Crippen LogP contribution is 2.44. The summed E-state index contributed by atoms with van der Waals surface area (Å²) in [5.41, 5.74) is 3.04. The third kappa shape index (κ3) is 5.22. The number of hydrogen-bond acceptors (Lipinski definition) is 5. The number of allylic oxidation sites excluding steroid dienone is 1. The van der Waals surface area contributed by atoms with Crippen LogP contribution in [-0.4, -0.2) is 55.0 Å². The van der Waals surface area contributed by atoms with Gasteiger partial charge in [-0.05, 0) is 42.0 Å². The predicted molar refractivity (Wildman–Crippen MR) is 130 cm³/mol. The molecule has 0 aromatic heterocycles. The molecule has 2 amide bonds. The Morgan fingerprint density at radius 1 is 1.06 bits per heavy atom. The first-order chi connectivity index (χ1) is 16.8. The molecule has 2 aliphatic rings. The summed E-state index contributed by atoms with van der Waals surface area (Å²) >= 11 is 0. The third-order valence-corrected chi connectivity index (χ3v) is 6.65. The highest BCUT2D eigenvalue weighted by molar-refractivity contribution is 5.90. The lowest BCUT2D eigenvalue weighted by Crippen LogP contribution is -2.61. The molecule has 8 nitrogen and oxygen atoms in total. The Morgan fingerprint density at radius 2 is 1.69 bits per heavy atom. The van der Waals surface area contributed by atoms with Crippen LogP contribution in [0.2, 0.25) is 0 Å². The number of methoxy groups -OCH3 is 1. The molecule has 2 aromatic carbocycles. The zero-order valence-corrected chi connectivity index (χ0v) is 19.8. The average Bonchev–Trinajstić information content (AvgIpc) is 3.16. The summed E-state index contributed by atoms with van der Waals surface area (Å²) in [4.78, 5) is 37.2. The molecule has 0 fully saturated rings. The van der Waals surface area contributed by atoms with E-state index in [1.807, 2.05) is 36.4 Å². The fourth-order valence-corrected chi connectivity index (χ4v) is 4.83. The van der Waals surface area contributed by atoms with Gasteiger partial charge in [-0.15, -0.1) is 0 Å². The fraction of sp³-hybridized carbons (Fsp3) is 0.370. The zero-order valence-electron chi connectivity index (χ0n) is 19.8. The molecular formula is C27H30N2O6. The number of benzene rings is 2. The minimum absolute atomic E-state index is 0.0815. The Hall–Kier alpha value is -3.65. The lowest BCUT2D eigenvalue weighted by Gasteiger charge is -2.31. The number of fused-ring (bicyclic) bond motifs is 3. The standard InChI is InChI=1S/C27H30N2O6/c1-27(16-34-2,25(32)28-18-9-7-8-17(14-18)24(30)31)29-26(33)35-15-23-21-12-5-3-10-19(21)20-11-4-6-13-22(20)23/h3-7,9-13,17-18,23H,8,14-16H2,1-2H3,(H,28,32)(H,29,33)(H,30,31)/t17-,18-,27?/m0/s1. The summed E-state index contributed by atoms with van der Waals surface area (Å²) in [5, 5.41) is 14.8. The smallest absolute Gasteiger partial charge is 0.408 e. The summed E-state index contributed by atoms with van der Waals surface area (Å²) in [6.45, 7) is 1.59. The van der Waals surface area contributed by atoms with Crippen LogP contribution >= 0.6 is 0 Å². The van der Waals surface area contributed by atoms with Gasteiger partial charge in [-0.1, -0.05) is 60.7 Å². The van der Waals surface area contributed by atoms with Crippen molar-refractivity contribution in [1.82, 2.24) is 10.6 Å². The van der Waals surface area contributed by atoms with Gasteiger partial charge in [0.25, 0.3) is 0 Å². The van der Waals surface area contributed by atoms with Crippen molar-refractivity contribution in [2.75, 3.05) is 20.3 Å². The lowest BCUT2D eigenvalue weighted by molar-refractivity contribution is -0.142. The first-order valence-electron chi connectivity index (χ1n) is 11.6. The van der Waals surface area contributed by atoms with Crippen molar-refractivity contribution in [3.8, 4) is 11.1 Å². The van der Waals surface area contributed by atoms with Crippen molar-refractivity contribution >= 4 is 18.0 Å². The molecule has 4 rings (SSSR count). The van der Waals surface area contributed by atoms with Crippen molar-refractivity contribution < 1.29 is 29.0 Å². The molecule has 0 heterocycles. The number of carboxylic acids is 1. The Kier molecular flexibility index (Phi) is 7.21. The number of nitrogens with one attached hydrogen (secondary N) is 2. The number of hydrogen-bond donors (Lipinski definition) is 3. The van der Waals surface area contributed by atoms with E-state index in [-0.39, 0.29) is 25.6 Å². The van der Waals surface area contributed by atoms with E-state index >= 15 is 0 Å². The molecule has 1 unspecified atom stereocenters. The summed E-state index contributed by atoms with van der Waals surface area (Å²) in [7, 11) is 1.44. The van der Waals surface area contributed by atoms with E-state index in [1.54, 1.807) is 19.1 Å². The maximum atomic E-state index is 13.1. The van der Waals surface area contributed by atoms with Crippen LogP contribution in [0.4, 0.5) is 4.79 Å². The van der Waals surface area contributed by atoms with Crippen LogP contribution in [0.3, 0.4) is 0 Å². The predicted octanol–water partition coefficient (Wildman–Crippen LogP) is 3.47. The van der Waals surface area contributed by atoms with E-state index in [2.05, 4.69) is 22.8 Å². The van der Waals surface area contributed by atoms with Crippen molar-refractivity contribution in [3.63, 3.8) is 0 Å². The van der Waals surface area contributed by atoms with Crippen LogP contribution in [0.25, 0.3) is 11.1 Å². The molecule has 184 valence electrons. The zero-order chi connectivity index (χ0) is 25.0. The largest absolute Gasteiger partial charge is 0.481 e. The van der Waals surface area contributed by atoms with Gasteiger partial charge in [-0.25, -0.2) is 4.79 Å². The third-order valence-electron chi connectivity index (χ3n) is 6.65. The molecule has 0 bridgehead atoms. The van der Waals surface area contributed by atoms with E-state index in [0.717, 1.165) is 22.3 Å². The van der Waals surface area contributed by atoms with Crippen molar-refractivity contribution in [2.24, 2.45) is 5.92 Å². The van der Waals surface area contributed by atoms with E-state index in [9.17, 15) is 19.5 Å². The Balaban J connectivity index is 1.41. The van der Waals surface area contributed by atoms with Crippen molar-refractivity contribution in [1.29, 1.82) is 0 Å². The van der Waals surface area contributed by atoms with Crippen molar-refractivity contribution in [3.05, 3.63) is 71.8 Å². The Labute approximate surface area is 204 Å². The normalized spacial score (nSPS) is 20.3. The maximum absolute atomic E-state index is 13.1. The number of carboxylic acid groups (broad SMARTS) is 1. The minimum Gasteiger partial charge on any atom is -0.481 e. The molecule has 0 saturated heterocycles. The second-order valence-electron chi connectivity index (χ2n) is 9.23. The summed E-state index contributed by atoms with van der Waals surface area (Å²) in [6, 6.07) is 15.6. The second kappa shape index (κ2) is 10.3. The van der Waals surface area contributed by atoms with Gasteiger partial charge < -0.3 is 25.2 Å². The number of aliphatic carboxylic acids is 1. The van der Waals surface area contributed by atoms with Crippen LogP contribution in [-0.2, 0) is 19.1 Å². The highest BCUT2D eigenvalue weighted by Gasteiger charge is 2.38. The van der Waals surface area contributed by atoms with E-state index in [4.69, 9.17) is 9.47 Å². The van der Waals surface area contributed by atoms with Crippen LogP contribution in [0.1, 0.15) is 36.8 Å². The Morgan fingerprint density at radius 3 is 2.29 bits per heavy atom. The summed E-state index contributed by atoms with van der Waals surface area (Å²) in [6.07, 6.45) is 3.50. The lowest BCUT2D eigenvalue weighted by atomic mass is 9.90. The monoisotopic (exact) mass is 478 g/mol. The van der Waals surface area contributed by atoms with Gasteiger partial charge in [0.1, 0.15) is 12.1 Å². The average molecular weight is 479 g/mol. The molecule has 0 aliphatic heterocycles. The van der Waals surface area contributed by atoms with Gasteiger partial charge in [-0.3, -0.25) is 9.59 Å². The van der Waals surface area contributed by atoms with E-state index < -0.39 is 35.5 Å². The minimum atomic E-state index is -1.40. The topological polar surface area (TPSA) is 114 Å². The molecule has 0 spiro atoms. The van der Waals surface area contributed by atoms with E-state index in [1.165, 1.54) is 7.11 Å². The van der Waals surface area contributed by atoms with Crippen LogP contribution in [0, 0.1) is 5.92 Å². The van der Waals surface area contributed by atoms with Gasteiger partial charge in [0, 0.05) is 19.1 Å². The van der Waals surface area contributed by atoms with Crippen LogP contribution in [0.5, 0.6) is 0 Å². The highest BCUT2D eigenvalue weighted by atomic mass is 16.5. The maximum Gasteiger partial charge on any atom is 0.408 e. The second-order valence-corrected chi connectivity index (χ2v) is 9.23. The molecule has 8 heteroatoms. The fourth-order valence-electron chi connectivity index (χ4n) is 4.83. The number of carbonyl (C=O) groups is 3. The molecule has 0 radical (unpaired) electrons. The summed E-state index contributed by atoms with van der Waals surface area (Å²) < 4.78 is 10.8. The summed E-state index contributed by atoms with van der Waals surface area (Å²) in [5.74, 6) is -2.04. The van der Waals surface area contributed by atoms with E-state index in [0.29, 0.717) is 6.42 Å². The first-order valence-corrected chi connectivity index (χ1v) is 11.6. The number of ether oxygens (including phenoxy) is 2. The van der Waals surface area contributed by atoms with Gasteiger partial charge in [-0.2, -0.15) is 0 Å². The number of alkyl carbamates (subject to hydrolysis) is 1. The molecule has 0 saturated carbocycles. The Bertz CT molecular complexity index is 1100. The van der Waals surface area contributed by atoms with Gasteiger partial charge in [0.2, 0.25) is 5.91 Å². The molecule has 3 atom stereocenters. The van der Waals surface area contributed by atoms with Gasteiger partial charge in [0.15, 0.2) is 0 Å². The SMILES string of the molecule is COCC(C)(NC(=O)OCC1c2ccccc2-c2ccccc21)C(=O)N[C@H]1C=CC[C@H](C(=O)O)C1. The number of rotatable bonds is 8. The molecule has 35 heavy (non-hydrogen) atoms. The van der Waals surface area contributed by atoms with Crippen LogP contribution < -0.4 is 10.6 Å². The molecular weight excluding hydrogens is 448 g/mol. The van der Waals surface area contributed by atoms with Crippen LogP contribution in [0.15, 0.2) is 60.7 Å². The first kappa shape index (κ1) is 24.5. The molecule has 3 N–H and O–H groups in total. The van der Waals surface area contributed by atoms with Gasteiger partial charge >= 0.3 is 12.1 Å². The number of carbonyl (C=O) groups excluding carboxylic acids is 2. The van der Waals surface area contributed by atoms with Crippen molar-refractivity contribution in [2.45, 2.75) is 37.3 Å².